The fraction of sp³-hybridized carbons (Fsp3) is 1.00. The first-order chi connectivity index (χ1) is 3.88. The third kappa shape index (κ3) is 0.877. The van der Waals surface area contributed by atoms with Gasteiger partial charge in [0.15, 0.2) is 0 Å². The van der Waals surface area contributed by atoms with Crippen molar-refractivity contribution in [3.05, 3.63) is 0 Å². The van der Waals surface area contributed by atoms with E-state index in [0.29, 0.717) is 5.92 Å². The van der Waals surface area contributed by atoms with E-state index in [9.17, 15) is 5.11 Å². The first kappa shape index (κ1) is 7.07. The largest absolute Gasteiger partial charge is 0.390 e. The summed E-state index contributed by atoms with van der Waals surface area (Å²) in [5.74, 6) is 0.706. The van der Waals surface area contributed by atoms with Crippen molar-refractivity contribution in [2.45, 2.75) is 39.7 Å². The maximum absolute atomic E-state index is 9.59. The Labute approximate surface area is 57.1 Å². The molecule has 9 heavy (non-hydrogen) atoms. The summed E-state index contributed by atoms with van der Waals surface area (Å²) in [5.41, 5.74) is -0.278. The minimum Gasteiger partial charge on any atom is -0.390 e. The van der Waals surface area contributed by atoms with E-state index in [2.05, 4.69) is 13.8 Å². The summed E-state index contributed by atoms with van der Waals surface area (Å²) in [4.78, 5) is 0. The number of rotatable bonds is 1. The van der Waals surface area contributed by atoms with Crippen molar-refractivity contribution in [1.29, 1.82) is 0 Å². The molecule has 1 heteroatoms. The second-order valence-electron chi connectivity index (χ2n) is 4.08. The summed E-state index contributed by atoms with van der Waals surface area (Å²) in [6, 6.07) is 0. The molecule has 0 saturated heterocycles. The zero-order valence-corrected chi connectivity index (χ0v) is 6.73. The van der Waals surface area contributed by atoms with Crippen molar-refractivity contribution < 1.29 is 5.11 Å². The van der Waals surface area contributed by atoms with Crippen LogP contribution < -0.4 is 0 Å². The Morgan fingerprint density at radius 3 is 1.89 bits per heavy atom. The SMILES string of the molecule is CC1CC1(C)C(C)(C)O. The number of aliphatic hydroxyl groups is 1. The Balaban J connectivity index is 2.64. The maximum atomic E-state index is 9.59. The predicted molar refractivity (Wildman–Crippen MR) is 38.2 cm³/mol. The highest BCUT2D eigenvalue weighted by molar-refractivity contribution is 5.05. The van der Waals surface area contributed by atoms with Gasteiger partial charge in [-0.3, -0.25) is 0 Å². The molecule has 0 bridgehead atoms. The van der Waals surface area contributed by atoms with Gasteiger partial charge in [0.25, 0.3) is 0 Å². The average Bonchev–Trinajstić information content (AvgIpc) is 2.13. The molecule has 0 aromatic carbocycles. The third-order valence-electron chi connectivity index (χ3n) is 3.06. The highest BCUT2D eigenvalue weighted by Gasteiger charge is 2.56. The Hall–Kier alpha value is -0.0400. The lowest BCUT2D eigenvalue weighted by atomic mass is 9.88. The van der Waals surface area contributed by atoms with Crippen molar-refractivity contribution in [1.82, 2.24) is 0 Å². The molecule has 1 N–H and O–H groups in total. The Kier molecular flexibility index (Phi) is 1.19. The van der Waals surface area contributed by atoms with E-state index in [1.165, 1.54) is 6.42 Å². The number of hydrogen-bond acceptors (Lipinski definition) is 1. The molecular weight excluding hydrogens is 112 g/mol. The minimum atomic E-state index is -0.480. The molecule has 0 aromatic heterocycles. The molecule has 0 aliphatic heterocycles. The van der Waals surface area contributed by atoms with Crippen LogP contribution in [0.1, 0.15) is 34.1 Å². The Morgan fingerprint density at radius 1 is 1.56 bits per heavy atom. The third-order valence-corrected chi connectivity index (χ3v) is 3.06. The lowest BCUT2D eigenvalue weighted by Crippen LogP contribution is -2.31. The molecule has 0 spiro atoms. The fourth-order valence-corrected chi connectivity index (χ4v) is 1.43. The monoisotopic (exact) mass is 128 g/mol. The summed E-state index contributed by atoms with van der Waals surface area (Å²) in [6.45, 7) is 8.14. The quantitative estimate of drug-likeness (QED) is 0.571. The molecule has 54 valence electrons. The van der Waals surface area contributed by atoms with Crippen molar-refractivity contribution in [3.63, 3.8) is 0 Å². The van der Waals surface area contributed by atoms with Crippen LogP contribution in [0, 0.1) is 11.3 Å². The zero-order chi connectivity index (χ0) is 7.28. The van der Waals surface area contributed by atoms with Crippen molar-refractivity contribution >= 4 is 0 Å². The van der Waals surface area contributed by atoms with Crippen LogP contribution in [-0.2, 0) is 0 Å². The topological polar surface area (TPSA) is 20.2 Å². The highest BCUT2D eigenvalue weighted by Crippen LogP contribution is 2.58. The van der Waals surface area contributed by atoms with E-state index in [0.717, 1.165) is 0 Å². The van der Waals surface area contributed by atoms with E-state index in [4.69, 9.17) is 0 Å². The van der Waals surface area contributed by atoms with E-state index < -0.39 is 5.60 Å². The van der Waals surface area contributed by atoms with Crippen LogP contribution in [0.25, 0.3) is 0 Å². The maximum Gasteiger partial charge on any atom is 0.0647 e. The Bertz CT molecular complexity index is 123. The van der Waals surface area contributed by atoms with E-state index >= 15 is 0 Å². The molecule has 0 heterocycles. The summed E-state index contributed by atoms with van der Waals surface area (Å²) in [6.07, 6.45) is 1.18. The van der Waals surface area contributed by atoms with Gasteiger partial charge in [-0.25, -0.2) is 0 Å². The Morgan fingerprint density at radius 2 is 1.89 bits per heavy atom. The van der Waals surface area contributed by atoms with E-state index in [-0.39, 0.29) is 5.41 Å². The summed E-state index contributed by atoms with van der Waals surface area (Å²) >= 11 is 0. The average molecular weight is 128 g/mol. The second-order valence-corrected chi connectivity index (χ2v) is 4.08. The lowest BCUT2D eigenvalue weighted by Gasteiger charge is -2.26. The summed E-state index contributed by atoms with van der Waals surface area (Å²) in [7, 11) is 0. The van der Waals surface area contributed by atoms with Gasteiger partial charge in [-0.2, -0.15) is 0 Å². The molecule has 1 saturated carbocycles. The molecular formula is C8H16O. The van der Waals surface area contributed by atoms with Gasteiger partial charge in [0, 0.05) is 0 Å². The van der Waals surface area contributed by atoms with Crippen molar-refractivity contribution in [2.24, 2.45) is 11.3 Å². The van der Waals surface area contributed by atoms with E-state index in [1.807, 2.05) is 13.8 Å². The molecule has 2 atom stereocenters. The van der Waals surface area contributed by atoms with Gasteiger partial charge in [-0.1, -0.05) is 13.8 Å². The smallest absolute Gasteiger partial charge is 0.0647 e. The molecule has 0 amide bonds. The fourth-order valence-electron chi connectivity index (χ4n) is 1.43. The van der Waals surface area contributed by atoms with Crippen LogP contribution in [0.3, 0.4) is 0 Å². The summed E-state index contributed by atoms with van der Waals surface area (Å²) in [5, 5.41) is 9.59. The molecule has 0 aromatic rings. The normalized spacial score (nSPS) is 43.0. The first-order valence-corrected chi connectivity index (χ1v) is 3.60. The molecule has 1 fully saturated rings. The van der Waals surface area contributed by atoms with Gasteiger partial charge in [0.2, 0.25) is 0 Å². The molecule has 0 radical (unpaired) electrons. The van der Waals surface area contributed by atoms with Gasteiger partial charge in [0.05, 0.1) is 5.60 Å². The van der Waals surface area contributed by atoms with Crippen LogP contribution >= 0.6 is 0 Å². The van der Waals surface area contributed by atoms with Crippen LogP contribution in [0.15, 0.2) is 0 Å². The zero-order valence-electron chi connectivity index (χ0n) is 6.73. The second kappa shape index (κ2) is 1.51. The van der Waals surface area contributed by atoms with Gasteiger partial charge < -0.3 is 5.11 Å². The van der Waals surface area contributed by atoms with Crippen LogP contribution in [0.2, 0.25) is 0 Å². The number of hydrogen-bond donors (Lipinski definition) is 1. The summed E-state index contributed by atoms with van der Waals surface area (Å²) < 4.78 is 0. The molecule has 1 nitrogen and oxygen atoms in total. The first-order valence-electron chi connectivity index (χ1n) is 3.60. The molecule has 1 aliphatic carbocycles. The van der Waals surface area contributed by atoms with Crippen LogP contribution in [0.4, 0.5) is 0 Å². The van der Waals surface area contributed by atoms with Crippen molar-refractivity contribution in [3.8, 4) is 0 Å². The standard InChI is InChI=1S/C8H16O/c1-6-5-8(6,4)7(2,3)9/h6,9H,5H2,1-4H3. The lowest BCUT2D eigenvalue weighted by molar-refractivity contribution is 0.00420. The molecule has 1 rings (SSSR count). The van der Waals surface area contributed by atoms with Crippen molar-refractivity contribution in [2.75, 3.05) is 0 Å². The molecule has 1 aliphatic rings. The van der Waals surface area contributed by atoms with Crippen LogP contribution in [0.5, 0.6) is 0 Å². The van der Waals surface area contributed by atoms with Gasteiger partial charge in [-0.15, -0.1) is 0 Å². The predicted octanol–water partition coefficient (Wildman–Crippen LogP) is 1.80. The molecule has 2 unspecified atom stereocenters. The van der Waals surface area contributed by atoms with Crippen LogP contribution in [-0.4, -0.2) is 10.7 Å². The van der Waals surface area contributed by atoms with Gasteiger partial charge in [-0.05, 0) is 31.6 Å². The van der Waals surface area contributed by atoms with Gasteiger partial charge >= 0.3 is 0 Å². The van der Waals surface area contributed by atoms with E-state index in [1.54, 1.807) is 0 Å². The minimum absolute atomic E-state index is 0.201. The van der Waals surface area contributed by atoms with Gasteiger partial charge in [0.1, 0.15) is 0 Å². The highest BCUT2D eigenvalue weighted by atomic mass is 16.3.